The topological polar surface area (TPSA) is 156 Å². The van der Waals surface area contributed by atoms with E-state index in [1.165, 1.54) is 30.9 Å². The van der Waals surface area contributed by atoms with Crippen LogP contribution >= 0.6 is 35.1 Å². The standard InChI is InChI=1S/C18H20ClN5S.C16H21N5S/c19-13-2-1-3-14(8-13)25-15-10-24(9-12-4-6-21-7-5-12)18-16(15)17(20)22-11-23-18;1-10-6-5-7-11(8-10)22-14(18)12-13(17)19-9-20-15(12)21-16(2,3)4/h1-3,8,10-12,21H,4-7,9H2,(H2,20,22,23);5-9,18H,1-4H3,(H3,17,19,20,21). The number of piperidine rings is 1. The molecule has 0 atom stereocenters. The van der Waals surface area contributed by atoms with Gasteiger partial charge in [-0.3, -0.25) is 5.41 Å². The Balaban J connectivity index is 0.000000186. The molecule has 0 unspecified atom stereocenters. The number of nitrogens with one attached hydrogen (secondary N) is 3. The molecule has 7 N–H and O–H groups in total. The van der Waals surface area contributed by atoms with E-state index in [0.29, 0.717) is 34.0 Å². The van der Waals surface area contributed by atoms with Crippen LogP contribution < -0.4 is 22.1 Å². The van der Waals surface area contributed by atoms with Crippen molar-refractivity contribution >= 4 is 68.7 Å². The molecule has 0 radical (unpaired) electrons. The van der Waals surface area contributed by atoms with Gasteiger partial charge in [-0.15, -0.1) is 0 Å². The average molecular weight is 689 g/mol. The normalized spacial score (nSPS) is 13.6. The third-order valence-electron chi connectivity index (χ3n) is 7.39. The zero-order chi connectivity index (χ0) is 33.6. The van der Waals surface area contributed by atoms with Crippen molar-refractivity contribution in [3.63, 3.8) is 0 Å². The van der Waals surface area contributed by atoms with Crippen LogP contribution in [0.15, 0.2) is 82.1 Å². The number of rotatable bonds is 7. The van der Waals surface area contributed by atoms with Crippen molar-refractivity contribution in [1.82, 2.24) is 29.8 Å². The van der Waals surface area contributed by atoms with E-state index >= 15 is 0 Å². The van der Waals surface area contributed by atoms with Gasteiger partial charge in [0, 0.05) is 38.0 Å². The Morgan fingerprint density at radius 1 is 1.00 bits per heavy atom. The third kappa shape index (κ3) is 9.38. The SMILES string of the molecule is Cc1cccc(SC(=N)c2c(N)ncnc2NC(C)(C)C)c1.Nc1ncnc2c1c(Sc1cccc(Cl)c1)cn2CC1CCNCC1. The summed E-state index contributed by atoms with van der Waals surface area (Å²) in [5.74, 6) is 2.09. The second kappa shape index (κ2) is 15.4. The van der Waals surface area contributed by atoms with Crippen molar-refractivity contribution in [3.8, 4) is 0 Å². The first-order chi connectivity index (χ1) is 22.5. The van der Waals surface area contributed by atoms with Gasteiger partial charge in [0.1, 0.15) is 40.8 Å². The molecule has 3 aromatic heterocycles. The predicted molar refractivity (Wildman–Crippen MR) is 197 cm³/mol. The van der Waals surface area contributed by atoms with Crippen LogP contribution in [0.1, 0.15) is 44.7 Å². The maximum Gasteiger partial charge on any atom is 0.146 e. The number of benzene rings is 2. The summed E-state index contributed by atoms with van der Waals surface area (Å²) >= 11 is 9.12. The van der Waals surface area contributed by atoms with Crippen LogP contribution in [0.2, 0.25) is 5.02 Å². The zero-order valence-electron chi connectivity index (χ0n) is 27.0. The highest BCUT2D eigenvalue weighted by molar-refractivity contribution is 8.14. The van der Waals surface area contributed by atoms with Gasteiger partial charge in [0.2, 0.25) is 0 Å². The van der Waals surface area contributed by atoms with Crippen molar-refractivity contribution in [3.05, 3.63) is 83.5 Å². The van der Waals surface area contributed by atoms with E-state index in [2.05, 4.69) is 41.3 Å². The van der Waals surface area contributed by atoms with E-state index in [-0.39, 0.29) is 5.54 Å². The highest BCUT2D eigenvalue weighted by atomic mass is 35.5. The van der Waals surface area contributed by atoms with Crippen LogP contribution in [0, 0.1) is 18.3 Å². The van der Waals surface area contributed by atoms with Gasteiger partial charge in [-0.05, 0) is 89.9 Å². The molecule has 13 heteroatoms. The monoisotopic (exact) mass is 688 g/mol. The molecular formula is C34H41ClN10S2. The van der Waals surface area contributed by atoms with Crippen molar-refractivity contribution in [2.24, 2.45) is 5.92 Å². The molecule has 6 rings (SSSR count). The molecule has 2 aromatic carbocycles. The second-order valence-corrected chi connectivity index (χ2v) is 15.1. The molecule has 0 saturated carbocycles. The number of nitrogens with zero attached hydrogens (tertiary/aromatic N) is 5. The Morgan fingerprint density at radius 2 is 1.70 bits per heavy atom. The van der Waals surface area contributed by atoms with Crippen molar-refractivity contribution < 1.29 is 0 Å². The molecule has 0 spiro atoms. The second-order valence-electron chi connectivity index (χ2n) is 12.5. The number of thioether (sulfide) groups is 1. The average Bonchev–Trinajstić information content (AvgIpc) is 3.35. The van der Waals surface area contributed by atoms with E-state index < -0.39 is 0 Å². The maximum absolute atomic E-state index is 8.39. The lowest BCUT2D eigenvalue weighted by Gasteiger charge is -2.23. The van der Waals surface area contributed by atoms with E-state index in [4.69, 9.17) is 28.5 Å². The highest BCUT2D eigenvalue weighted by Crippen LogP contribution is 2.38. The first-order valence-electron chi connectivity index (χ1n) is 15.4. The van der Waals surface area contributed by atoms with E-state index in [1.807, 2.05) is 76.2 Å². The van der Waals surface area contributed by atoms with E-state index in [0.717, 1.165) is 55.9 Å². The fourth-order valence-electron chi connectivity index (χ4n) is 5.25. The van der Waals surface area contributed by atoms with Gasteiger partial charge in [-0.2, -0.15) is 0 Å². The number of halogens is 1. The summed E-state index contributed by atoms with van der Waals surface area (Å²) in [5.41, 5.74) is 14.6. The molecule has 5 aromatic rings. The predicted octanol–water partition coefficient (Wildman–Crippen LogP) is 7.51. The van der Waals surface area contributed by atoms with Crippen LogP contribution in [0.25, 0.3) is 11.0 Å². The summed E-state index contributed by atoms with van der Waals surface area (Å²) in [6, 6.07) is 15.9. The number of nitrogen functional groups attached to an aromatic ring is 2. The van der Waals surface area contributed by atoms with Gasteiger partial charge in [0.15, 0.2) is 0 Å². The lowest BCUT2D eigenvalue weighted by atomic mass is 9.98. The Kier molecular flexibility index (Phi) is 11.3. The van der Waals surface area contributed by atoms with E-state index in [9.17, 15) is 0 Å². The van der Waals surface area contributed by atoms with Crippen LogP contribution in [0.3, 0.4) is 0 Å². The van der Waals surface area contributed by atoms with Crippen molar-refractivity contribution in [1.29, 1.82) is 5.41 Å². The lowest BCUT2D eigenvalue weighted by molar-refractivity contribution is 0.336. The van der Waals surface area contributed by atoms with E-state index in [1.54, 1.807) is 18.1 Å². The fourth-order valence-corrected chi connectivity index (χ4v) is 7.50. The Morgan fingerprint density at radius 3 is 2.43 bits per heavy atom. The Labute approximate surface area is 289 Å². The summed E-state index contributed by atoms with van der Waals surface area (Å²) in [5, 5.41) is 17.1. The summed E-state index contributed by atoms with van der Waals surface area (Å²) in [4.78, 5) is 20.1. The van der Waals surface area contributed by atoms with Gasteiger partial charge in [0.25, 0.3) is 0 Å². The third-order valence-corrected chi connectivity index (χ3v) is 9.54. The summed E-state index contributed by atoms with van der Waals surface area (Å²) in [6.07, 6.45) is 7.50. The molecule has 1 aliphatic heterocycles. The number of aromatic nitrogens is 5. The van der Waals surface area contributed by atoms with Gasteiger partial charge in [-0.25, -0.2) is 19.9 Å². The molecule has 0 amide bonds. The minimum Gasteiger partial charge on any atom is -0.383 e. The Bertz CT molecular complexity index is 1850. The zero-order valence-corrected chi connectivity index (χ0v) is 29.4. The van der Waals surface area contributed by atoms with Crippen molar-refractivity contribution in [2.45, 2.75) is 67.3 Å². The fraction of sp³-hybridized carbons (Fsp3) is 0.324. The first-order valence-corrected chi connectivity index (χ1v) is 17.4. The van der Waals surface area contributed by atoms with Gasteiger partial charge in [0.05, 0.1) is 10.9 Å². The number of hydrogen-bond donors (Lipinski definition) is 5. The van der Waals surface area contributed by atoms with Gasteiger partial charge in [-0.1, -0.05) is 58.9 Å². The number of fused-ring (bicyclic) bond motifs is 1. The maximum atomic E-state index is 8.39. The van der Waals surface area contributed by atoms with Crippen molar-refractivity contribution in [2.75, 3.05) is 29.9 Å². The number of anilines is 3. The quantitative estimate of drug-likeness (QED) is 0.0658. The molecule has 0 aliphatic carbocycles. The lowest BCUT2D eigenvalue weighted by Crippen LogP contribution is -2.29. The molecule has 1 saturated heterocycles. The van der Waals surface area contributed by atoms with Crippen LogP contribution in [-0.2, 0) is 6.54 Å². The summed E-state index contributed by atoms with van der Waals surface area (Å²) < 4.78 is 2.23. The molecule has 0 bridgehead atoms. The minimum absolute atomic E-state index is 0.177. The molecule has 4 heterocycles. The number of aryl methyl sites for hydroxylation is 1. The number of hydrogen-bond acceptors (Lipinski definition) is 11. The van der Waals surface area contributed by atoms with Gasteiger partial charge < -0.3 is 26.7 Å². The van der Waals surface area contributed by atoms with Crippen LogP contribution in [-0.4, -0.2) is 48.2 Å². The molecular weight excluding hydrogens is 648 g/mol. The molecule has 47 heavy (non-hydrogen) atoms. The summed E-state index contributed by atoms with van der Waals surface area (Å²) in [7, 11) is 0. The largest absolute Gasteiger partial charge is 0.383 e. The smallest absolute Gasteiger partial charge is 0.146 e. The molecule has 10 nitrogen and oxygen atoms in total. The highest BCUT2D eigenvalue weighted by Gasteiger charge is 2.21. The Hall–Kier alpha value is -3.84. The molecule has 1 aliphatic rings. The van der Waals surface area contributed by atoms with Crippen LogP contribution in [0.4, 0.5) is 17.5 Å². The molecule has 246 valence electrons. The minimum atomic E-state index is -0.177. The van der Waals surface area contributed by atoms with Crippen LogP contribution in [0.5, 0.6) is 0 Å². The van der Waals surface area contributed by atoms with Gasteiger partial charge >= 0.3 is 0 Å². The first kappa shape index (κ1) is 34.5. The number of nitrogens with two attached hydrogens (primary N) is 2. The summed E-state index contributed by atoms with van der Waals surface area (Å²) in [6.45, 7) is 11.3. The molecule has 1 fully saturated rings.